The molecule has 1 aromatic rings. The molecule has 1 aromatic carbocycles. The van der Waals surface area contributed by atoms with E-state index in [9.17, 15) is 0 Å². The molecule has 0 N–H and O–H groups in total. The summed E-state index contributed by atoms with van der Waals surface area (Å²) < 4.78 is 7.17. The zero-order chi connectivity index (χ0) is 38.5. The molecule has 56 heavy (non-hydrogen) atoms. The Morgan fingerprint density at radius 1 is 0.875 bits per heavy atom. The average molecular weight is 765 g/mol. The highest BCUT2D eigenvalue weighted by Gasteiger charge is 2.71. The van der Waals surface area contributed by atoms with Gasteiger partial charge < -0.3 is 9.64 Å². The van der Waals surface area contributed by atoms with Crippen LogP contribution in [0.2, 0.25) is 5.82 Å². The summed E-state index contributed by atoms with van der Waals surface area (Å²) in [4.78, 5) is 6.28. The molecule has 0 radical (unpaired) electrons. The molecule has 9 unspecified atom stereocenters. The minimum atomic E-state index is 0.0722. The molecule has 5 heteroatoms. The van der Waals surface area contributed by atoms with E-state index in [2.05, 4.69) is 150 Å². The van der Waals surface area contributed by atoms with Crippen LogP contribution >= 0.6 is 11.8 Å². The first kappa shape index (κ1) is 36.5. The summed E-state index contributed by atoms with van der Waals surface area (Å²) in [6, 6.07) is 13.3. The van der Waals surface area contributed by atoms with Crippen molar-refractivity contribution in [1.82, 2.24) is 9.80 Å². The van der Waals surface area contributed by atoms with Gasteiger partial charge in [-0.15, -0.1) is 0 Å². The van der Waals surface area contributed by atoms with Gasteiger partial charge in [0.25, 0.3) is 0 Å². The van der Waals surface area contributed by atoms with E-state index in [4.69, 9.17) is 4.74 Å². The van der Waals surface area contributed by atoms with Crippen LogP contribution in [-0.2, 0) is 4.74 Å². The number of hydrogen-bond donors (Lipinski definition) is 0. The second-order valence-electron chi connectivity index (χ2n) is 22.0. The van der Waals surface area contributed by atoms with Crippen LogP contribution in [0.15, 0.2) is 112 Å². The number of hydrogen-bond acceptors (Lipinski definition) is 4. The third-order valence-corrected chi connectivity index (χ3v) is 18.7. The molecule has 10 aliphatic rings. The predicted molar refractivity (Wildman–Crippen MR) is 235 cm³/mol. The third-order valence-electron chi connectivity index (χ3n) is 17.0. The Hall–Kier alpha value is -2.63. The Labute approximate surface area is 343 Å². The van der Waals surface area contributed by atoms with E-state index in [0.29, 0.717) is 53.0 Å². The molecule has 1 spiro atoms. The molecule has 0 aromatic heterocycles. The summed E-state index contributed by atoms with van der Waals surface area (Å²) in [6.45, 7) is 21.0. The van der Waals surface area contributed by atoms with E-state index < -0.39 is 0 Å². The van der Waals surface area contributed by atoms with Gasteiger partial charge in [0.1, 0.15) is 11.9 Å². The maximum atomic E-state index is 7.17. The van der Waals surface area contributed by atoms with Gasteiger partial charge in [0.05, 0.1) is 6.04 Å². The van der Waals surface area contributed by atoms with E-state index in [0.717, 1.165) is 6.42 Å². The number of thioether (sulfide) groups is 1. The predicted octanol–water partition coefficient (Wildman–Crippen LogP) is 12.1. The number of allylic oxidation sites excluding steroid dienone is 5. The lowest BCUT2D eigenvalue weighted by atomic mass is 9.27. The number of nitrogens with zero attached hydrogens (tertiary/aromatic N) is 2. The molecular formula is C51H65BN2OS. The molecule has 294 valence electrons. The SMILES string of the molecule is CC(C)(C)C1=CC2=C3B(C4C=CC(C(C)(C)C)=C5C4N(C3C1)C(C)(C)C51CCCCC1)C1SC(c3ccccc3)CC1N2C1CCCC2=C1OC1C=CC=CC21. The van der Waals surface area contributed by atoms with Crippen LogP contribution < -0.4 is 0 Å². The van der Waals surface area contributed by atoms with Crippen molar-refractivity contribution in [2.45, 2.75) is 172 Å². The first-order valence-electron chi connectivity index (χ1n) is 22.7. The fourth-order valence-corrected chi connectivity index (χ4v) is 16.5. The van der Waals surface area contributed by atoms with Crippen molar-refractivity contribution < 1.29 is 4.74 Å². The first-order chi connectivity index (χ1) is 26.8. The fraction of sp³-hybridized carbons (Fsp3) is 0.608. The van der Waals surface area contributed by atoms with E-state index in [1.54, 1.807) is 27.9 Å². The minimum absolute atomic E-state index is 0.0722. The second kappa shape index (κ2) is 12.4. The molecule has 5 heterocycles. The van der Waals surface area contributed by atoms with E-state index in [-0.39, 0.29) is 27.9 Å². The van der Waals surface area contributed by atoms with Gasteiger partial charge in [-0.2, -0.15) is 11.8 Å². The lowest BCUT2D eigenvalue weighted by Crippen LogP contribution is -2.68. The fourth-order valence-electron chi connectivity index (χ4n) is 14.5. The summed E-state index contributed by atoms with van der Waals surface area (Å²) in [6.07, 6.45) is 30.4. The van der Waals surface area contributed by atoms with Gasteiger partial charge >= 0.3 is 0 Å². The molecule has 0 amide bonds. The molecule has 11 rings (SSSR count). The van der Waals surface area contributed by atoms with Crippen molar-refractivity contribution in [3.63, 3.8) is 0 Å². The molecule has 3 saturated heterocycles. The second-order valence-corrected chi connectivity index (χ2v) is 23.3. The molecule has 1 saturated carbocycles. The number of benzene rings is 1. The van der Waals surface area contributed by atoms with Gasteiger partial charge in [0.2, 0.25) is 6.71 Å². The first-order valence-corrected chi connectivity index (χ1v) is 23.6. The normalized spacial score (nSPS) is 37.7. The van der Waals surface area contributed by atoms with Crippen molar-refractivity contribution in [3.8, 4) is 0 Å². The van der Waals surface area contributed by atoms with Gasteiger partial charge in [-0.3, -0.25) is 4.90 Å². The maximum absolute atomic E-state index is 7.17. The van der Waals surface area contributed by atoms with Gasteiger partial charge in [0.15, 0.2) is 0 Å². The molecule has 3 nitrogen and oxygen atoms in total. The molecule has 0 bridgehead atoms. The third kappa shape index (κ3) is 4.94. The summed E-state index contributed by atoms with van der Waals surface area (Å²) >= 11 is 2.36. The largest absolute Gasteiger partial charge is 0.488 e. The van der Waals surface area contributed by atoms with Crippen LogP contribution in [0.5, 0.6) is 0 Å². The summed E-state index contributed by atoms with van der Waals surface area (Å²) in [5, 5.41) is 1.05. The maximum Gasteiger partial charge on any atom is 0.200 e. The quantitative estimate of drug-likeness (QED) is 0.279. The smallest absolute Gasteiger partial charge is 0.200 e. The Morgan fingerprint density at radius 3 is 2.39 bits per heavy atom. The molecular weight excluding hydrogens is 699 g/mol. The summed E-state index contributed by atoms with van der Waals surface area (Å²) in [5.74, 6) is 2.24. The molecule has 5 aliphatic heterocycles. The number of ether oxygens (including phenoxy) is 1. The average Bonchev–Trinajstić information content (AvgIpc) is 3.84. The van der Waals surface area contributed by atoms with E-state index in [1.807, 2.05) is 5.57 Å². The van der Waals surface area contributed by atoms with Crippen molar-refractivity contribution in [2.24, 2.45) is 22.2 Å². The zero-order valence-corrected chi connectivity index (χ0v) is 36.3. The number of fused-ring (bicyclic) bond motifs is 7. The Balaban J connectivity index is 1.15. The molecule has 5 aliphatic carbocycles. The lowest BCUT2D eigenvalue weighted by molar-refractivity contribution is 0.00772. The van der Waals surface area contributed by atoms with Crippen LogP contribution in [0.3, 0.4) is 0 Å². The lowest BCUT2D eigenvalue weighted by Gasteiger charge is -2.60. The van der Waals surface area contributed by atoms with Crippen LogP contribution in [0.4, 0.5) is 0 Å². The standard InChI is InChI=1S/C51H65BN2OS/c1-48(2,3)32-28-38-44-39(29-32)54-45-36(25-24-35(49(4,5)6)43(45)51(50(54,7)8)26-15-10-16-27-51)52(44)47-40(30-42(56-47)31-18-11-9-12-19-31)53(38)37-22-17-21-34-33-20-13-14-23-41(33)55-46(34)37/h9,11-14,18-20,23-25,28,33,36-37,39-42,45,47H,10,15-17,21-22,26-27,29-30H2,1-8H3. The highest BCUT2D eigenvalue weighted by Crippen LogP contribution is 2.70. The van der Waals surface area contributed by atoms with Crippen molar-refractivity contribution >= 4 is 18.5 Å². The Kier molecular flexibility index (Phi) is 8.10. The van der Waals surface area contributed by atoms with Crippen molar-refractivity contribution in [3.05, 3.63) is 118 Å². The van der Waals surface area contributed by atoms with Gasteiger partial charge in [-0.05, 0) is 110 Å². The highest BCUT2D eigenvalue weighted by atomic mass is 32.2. The summed E-state index contributed by atoms with van der Waals surface area (Å²) in [7, 11) is 0. The van der Waals surface area contributed by atoms with Crippen LogP contribution in [-0.4, -0.2) is 57.5 Å². The van der Waals surface area contributed by atoms with Crippen LogP contribution in [0.25, 0.3) is 0 Å². The Bertz CT molecular complexity index is 2040. The zero-order valence-electron chi connectivity index (χ0n) is 35.5. The van der Waals surface area contributed by atoms with Gasteiger partial charge in [0, 0.05) is 51.1 Å². The van der Waals surface area contributed by atoms with Crippen molar-refractivity contribution in [2.75, 3.05) is 0 Å². The number of rotatable bonds is 2. The minimum Gasteiger partial charge on any atom is -0.488 e. The monoisotopic (exact) mass is 764 g/mol. The topological polar surface area (TPSA) is 15.7 Å². The molecule has 9 atom stereocenters. The highest BCUT2D eigenvalue weighted by molar-refractivity contribution is 8.02. The summed E-state index contributed by atoms with van der Waals surface area (Å²) in [5.41, 5.74) is 12.2. The van der Waals surface area contributed by atoms with Gasteiger partial charge in [-0.25, -0.2) is 0 Å². The molecule has 4 fully saturated rings. The van der Waals surface area contributed by atoms with Crippen LogP contribution in [0, 0.1) is 22.2 Å². The Morgan fingerprint density at radius 2 is 1.64 bits per heavy atom. The van der Waals surface area contributed by atoms with Crippen LogP contribution in [0.1, 0.15) is 130 Å². The van der Waals surface area contributed by atoms with Gasteiger partial charge in [-0.1, -0.05) is 133 Å². The van der Waals surface area contributed by atoms with E-state index in [1.165, 1.54) is 69.1 Å². The van der Waals surface area contributed by atoms with E-state index >= 15 is 0 Å². The van der Waals surface area contributed by atoms with Crippen molar-refractivity contribution in [1.29, 1.82) is 0 Å².